The molecule has 0 saturated carbocycles. The Kier molecular flexibility index (Phi) is 4.37. The zero-order valence-electron chi connectivity index (χ0n) is 12.9. The van der Waals surface area contributed by atoms with Crippen molar-refractivity contribution in [3.63, 3.8) is 0 Å². The fourth-order valence-corrected chi connectivity index (χ4v) is 2.77. The SMILES string of the molecule is Cc1cccc(Nc2ccnc(C(=O)N3CCCCC3)c2)c1. The highest BCUT2D eigenvalue weighted by atomic mass is 16.2. The Morgan fingerprint density at radius 3 is 2.64 bits per heavy atom. The van der Waals surface area contributed by atoms with E-state index in [1.807, 2.05) is 29.2 Å². The molecule has 114 valence electrons. The number of benzene rings is 1. The average molecular weight is 295 g/mol. The highest BCUT2D eigenvalue weighted by Gasteiger charge is 2.19. The molecule has 1 N–H and O–H groups in total. The normalized spacial score (nSPS) is 14.7. The third-order valence-corrected chi connectivity index (χ3v) is 3.93. The Morgan fingerprint density at radius 1 is 1.09 bits per heavy atom. The maximum atomic E-state index is 12.5. The van der Waals surface area contributed by atoms with Crippen molar-refractivity contribution in [3.8, 4) is 0 Å². The minimum atomic E-state index is 0.0348. The van der Waals surface area contributed by atoms with Crippen LogP contribution >= 0.6 is 0 Å². The number of hydrogen-bond acceptors (Lipinski definition) is 3. The first kappa shape index (κ1) is 14.6. The molecule has 1 saturated heterocycles. The molecule has 3 rings (SSSR count). The topological polar surface area (TPSA) is 45.2 Å². The molecular weight excluding hydrogens is 274 g/mol. The minimum Gasteiger partial charge on any atom is -0.355 e. The van der Waals surface area contributed by atoms with Crippen LogP contribution in [0.25, 0.3) is 0 Å². The van der Waals surface area contributed by atoms with E-state index in [0.717, 1.165) is 37.3 Å². The second kappa shape index (κ2) is 6.60. The van der Waals surface area contributed by atoms with Gasteiger partial charge in [0.25, 0.3) is 5.91 Å². The van der Waals surface area contributed by atoms with Crippen molar-refractivity contribution >= 4 is 17.3 Å². The first-order chi connectivity index (χ1) is 10.7. The Bertz CT molecular complexity index is 663. The van der Waals surface area contributed by atoms with Crippen LogP contribution < -0.4 is 5.32 Å². The predicted molar refractivity (Wildman–Crippen MR) is 88.5 cm³/mol. The Balaban J connectivity index is 1.75. The summed E-state index contributed by atoms with van der Waals surface area (Å²) in [5.74, 6) is 0.0348. The maximum Gasteiger partial charge on any atom is 0.272 e. The highest BCUT2D eigenvalue weighted by Crippen LogP contribution is 2.19. The average Bonchev–Trinajstić information content (AvgIpc) is 2.55. The fraction of sp³-hybridized carbons (Fsp3) is 0.333. The summed E-state index contributed by atoms with van der Waals surface area (Å²) >= 11 is 0. The lowest BCUT2D eigenvalue weighted by molar-refractivity contribution is 0.0718. The molecule has 0 atom stereocenters. The standard InChI is InChI=1S/C18H21N3O/c1-14-6-5-7-15(12-14)20-16-8-9-19-17(13-16)18(22)21-10-3-2-4-11-21/h5-9,12-13H,2-4,10-11H2,1H3,(H,19,20). The molecule has 1 aromatic heterocycles. The molecule has 0 bridgehead atoms. The van der Waals surface area contributed by atoms with E-state index in [0.29, 0.717) is 5.69 Å². The zero-order chi connectivity index (χ0) is 15.4. The molecule has 1 amide bonds. The third-order valence-electron chi connectivity index (χ3n) is 3.93. The molecule has 1 aliphatic rings. The van der Waals surface area contributed by atoms with Crippen LogP contribution in [-0.4, -0.2) is 28.9 Å². The summed E-state index contributed by atoms with van der Waals surface area (Å²) in [5, 5.41) is 3.33. The van der Waals surface area contributed by atoms with E-state index in [9.17, 15) is 4.79 Å². The number of aryl methyl sites for hydroxylation is 1. The molecule has 4 nitrogen and oxygen atoms in total. The van der Waals surface area contributed by atoms with Crippen molar-refractivity contribution in [2.24, 2.45) is 0 Å². The number of pyridine rings is 1. The van der Waals surface area contributed by atoms with Crippen LogP contribution in [0, 0.1) is 6.92 Å². The van der Waals surface area contributed by atoms with Crippen LogP contribution in [0.15, 0.2) is 42.6 Å². The van der Waals surface area contributed by atoms with Gasteiger partial charge in [0.15, 0.2) is 0 Å². The van der Waals surface area contributed by atoms with Crippen LogP contribution in [0.1, 0.15) is 35.3 Å². The number of anilines is 2. The summed E-state index contributed by atoms with van der Waals surface area (Å²) < 4.78 is 0. The van der Waals surface area contributed by atoms with Gasteiger partial charge in [-0.2, -0.15) is 0 Å². The van der Waals surface area contributed by atoms with Crippen molar-refractivity contribution in [2.45, 2.75) is 26.2 Å². The molecule has 1 aliphatic heterocycles. The molecular formula is C18H21N3O. The van der Waals surface area contributed by atoms with Crippen LogP contribution in [0.2, 0.25) is 0 Å². The summed E-state index contributed by atoms with van der Waals surface area (Å²) in [5.41, 5.74) is 3.62. The molecule has 0 spiro atoms. The van der Waals surface area contributed by atoms with Crippen molar-refractivity contribution in [1.82, 2.24) is 9.88 Å². The summed E-state index contributed by atoms with van der Waals surface area (Å²) in [6.07, 6.45) is 5.08. The van der Waals surface area contributed by atoms with Gasteiger partial charge in [-0.15, -0.1) is 0 Å². The first-order valence-corrected chi connectivity index (χ1v) is 7.81. The van der Waals surface area contributed by atoms with Gasteiger partial charge in [0.05, 0.1) is 0 Å². The zero-order valence-corrected chi connectivity index (χ0v) is 12.9. The molecule has 4 heteroatoms. The number of rotatable bonds is 3. The number of aromatic nitrogens is 1. The van der Waals surface area contributed by atoms with E-state index in [-0.39, 0.29) is 5.91 Å². The summed E-state index contributed by atoms with van der Waals surface area (Å²) in [6, 6.07) is 11.9. The first-order valence-electron chi connectivity index (χ1n) is 7.81. The van der Waals surface area contributed by atoms with Crippen LogP contribution in [-0.2, 0) is 0 Å². The Hall–Kier alpha value is -2.36. The second-order valence-corrected chi connectivity index (χ2v) is 5.78. The van der Waals surface area contributed by atoms with Crippen molar-refractivity contribution < 1.29 is 4.79 Å². The number of hydrogen-bond donors (Lipinski definition) is 1. The van der Waals surface area contributed by atoms with Gasteiger partial charge < -0.3 is 10.2 Å². The Labute approximate surface area is 131 Å². The molecule has 0 radical (unpaired) electrons. The molecule has 1 aromatic carbocycles. The maximum absolute atomic E-state index is 12.5. The summed E-state index contributed by atoms with van der Waals surface area (Å²) in [4.78, 5) is 18.6. The Morgan fingerprint density at radius 2 is 1.86 bits per heavy atom. The van der Waals surface area contributed by atoms with Crippen molar-refractivity contribution in [2.75, 3.05) is 18.4 Å². The fourth-order valence-electron chi connectivity index (χ4n) is 2.77. The third kappa shape index (κ3) is 3.45. The van der Waals surface area contributed by atoms with E-state index in [2.05, 4.69) is 29.4 Å². The van der Waals surface area contributed by atoms with Gasteiger partial charge in [0.2, 0.25) is 0 Å². The molecule has 0 aliphatic carbocycles. The van der Waals surface area contributed by atoms with Crippen molar-refractivity contribution in [1.29, 1.82) is 0 Å². The van der Waals surface area contributed by atoms with Crippen molar-refractivity contribution in [3.05, 3.63) is 53.9 Å². The lowest BCUT2D eigenvalue weighted by Gasteiger charge is -2.26. The number of nitrogens with one attached hydrogen (secondary N) is 1. The van der Waals surface area contributed by atoms with Crippen LogP contribution in [0.5, 0.6) is 0 Å². The molecule has 22 heavy (non-hydrogen) atoms. The summed E-state index contributed by atoms with van der Waals surface area (Å²) in [7, 11) is 0. The van der Waals surface area contributed by atoms with Gasteiger partial charge in [-0.1, -0.05) is 12.1 Å². The highest BCUT2D eigenvalue weighted by molar-refractivity contribution is 5.93. The number of carbonyl (C=O) groups is 1. The molecule has 2 aromatic rings. The number of likely N-dealkylation sites (tertiary alicyclic amines) is 1. The quantitative estimate of drug-likeness (QED) is 0.937. The van der Waals surface area contributed by atoms with Crippen LogP contribution in [0.3, 0.4) is 0 Å². The monoisotopic (exact) mass is 295 g/mol. The van der Waals surface area contributed by atoms with E-state index < -0.39 is 0 Å². The van der Waals surface area contributed by atoms with Gasteiger partial charge in [-0.25, -0.2) is 0 Å². The molecule has 0 unspecified atom stereocenters. The number of carbonyl (C=O) groups excluding carboxylic acids is 1. The smallest absolute Gasteiger partial charge is 0.272 e. The van der Waals surface area contributed by atoms with Crippen LogP contribution in [0.4, 0.5) is 11.4 Å². The predicted octanol–water partition coefficient (Wildman–Crippen LogP) is 3.76. The lowest BCUT2D eigenvalue weighted by atomic mass is 10.1. The van der Waals surface area contributed by atoms with E-state index in [1.165, 1.54) is 12.0 Å². The lowest BCUT2D eigenvalue weighted by Crippen LogP contribution is -2.36. The largest absolute Gasteiger partial charge is 0.355 e. The van der Waals surface area contributed by atoms with Gasteiger partial charge >= 0.3 is 0 Å². The summed E-state index contributed by atoms with van der Waals surface area (Å²) in [6.45, 7) is 3.75. The van der Waals surface area contributed by atoms with E-state index in [4.69, 9.17) is 0 Å². The van der Waals surface area contributed by atoms with Gasteiger partial charge in [-0.05, 0) is 56.0 Å². The van der Waals surface area contributed by atoms with Gasteiger partial charge in [0, 0.05) is 30.7 Å². The van der Waals surface area contributed by atoms with E-state index >= 15 is 0 Å². The van der Waals surface area contributed by atoms with Gasteiger partial charge in [0.1, 0.15) is 5.69 Å². The van der Waals surface area contributed by atoms with E-state index in [1.54, 1.807) is 6.20 Å². The number of nitrogens with zero attached hydrogens (tertiary/aromatic N) is 2. The number of amides is 1. The molecule has 1 fully saturated rings. The minimum absolute atomic E-state index is 0.0348. The molecule has 2 heterocycles. The van der Waals surface area contributed by atoms with Gasteiger partial charge in [-0.3, -0.25) is 9.78 Å². The number of piperidine rings is 1. The second-order valence-electron chi connectivity index (χ2n) is 5.78.